The highest BCUT2D eigenvalue weighted by Crippen LogP contribution is 2.38. The summed E-state index contributed by atoms with van der Waals surface area (Å²) in [5.41, 5.74) is 2.69. The van der Waals surface area contributed by atoms with E-state index in [1.165, 1.54) is 24.2 Å². The maximum atomic E-state index is 4.78. The molecule has 138 valence electrons. The van der Waals surface area contributed by atoms with Gasteiger partial charge in [0.05, 0.1) is 5.69 Å². The van der Waals surface area contributed by atoms with Gasteiger partial charge in [-0.1, -0.05) is 41.5 Å². The fourth-order valence-corrected chi connectivity index (χ4v) is 3.82. The molecule has 1 N–H and O–H groups in total. The first-order valence-corrected chi connectivity index (χ1v) is 9.86. The smallest absolute Gasteiger partial charge is 0.133 e. The Morgan fingerprint density at radius 1 is 1.04 bits per heavy atom. The standard InChI is InChI=1S/C20H33N5/c1-12(2)17-11-18-16(9-10-25(18)24-17)14(5)7-8-15(6)20-21-19(13(3)4)22-23-20/h11-16H,7-10H2,1-6H3,(H,21,22,23). The molecule has 3 rings (SSSR count). The van der Waals surface area contributed by atoms with Gasteiger partial charge in [0.15, 0.2) is 0 Å². The van der Waals surface area contributed by atoms with Gasteiger partial charge in [-0.2, -0.15) is 5.10 Å². The van der Waals surface area contributed by atoms with E-state index >= 15 is 0 Å². The average molecular weight is 344 g/mol. The van der Waals surface area contributed by atoms with Crippen molar-refractivity contribution < 1.29 is 0 Å². The van der Waals surface area contributed by atoms with E-state index in [1.807, 2.05) is 0 Å². The monoisotopic (exact) mass is 343 g/mol. The molecule has 2 aromatic heterocycles. The molecule has 1 aliphatic rings. The minimum Gasteiger partial charge on any atom is -0.328 e. The van der Waals surface area contributed by atoms with Crippen molar-refractivity contribution in [3.8, 4) is 0 Å². The Kier molecular flexibility index (Phi) is 5.30. The summed E-state index contributed by atoms with van der Waals surface area (Å²) < 4.78 is 2.24. The van der Waals surface area contributed by atoms with Crippen LogP contribution >= 0.6 is 0 Å². The summed E-state index contributed by atoms with van der Waals surface area (Å²) in [5, 5.41) is 13.4. The maximum absolute atomic E-state index is 4.78. The lowest BCUT2D eigenvalue weighted by molar-refractivity contribution is 0.398. The number of aromatic nitrogens is 5. The molecule has 0 aromatic carbocycles. The van der Waals surface area contributed by atoms with Crippen LogP contribution in [0.4, 0.5) is 0 Å². The first-order chi connectivity index (χ1) is 11.9. The number of H-pyrrole nitrogens is 1. The molecule has 0 saturated carbocycles. The normalized spacial score (nSPS) is 19.6. The minimum atomic E-state index is 0.404. The van der Waals surface area contributed by atoms with Crippen LogP contribution in [0.15, 0.2) is 6.07 Å². The molecule has 0 spiro atoms. The maximum Gasteiger partial charge on any atom is 0.133 e. The Hall–Kier alpha value is -1.65. The van der Waals surface area contributed by atoms with E-state index in [2.05, 4.69) is 67.5 Å². The van der Waals surface area contributed by atoms with Gasteiger partial charge in [-0.25, -0.2) is 0 Å². The summed E-state index contributed by atoms with van der Waals surface area (Å²) in [5.74, 6) is 4.70. The number of fused-ring (bicyclic) bond motifs is 1. The van der Waals surface area contributed by atoms with E-state index in [9.17, 15) is 0 Å². The first-order valence-electron chi connectivity index (χ1n) is 9.86. The number of nitrogens with one attached hydrogen (secondary N) is 1. The summed E-state index contributed by atoms with van der Waals surface area (Å²) in [7, 11) is 0. The van der Waals surface area contributed by atoms with Crippen LogP contribution < -0.4 is 0 Å². The van der Waals surface area contributed by atoms with Crippen molar-refractivity contribution in [1.29, 1.82) is 0 Å². The topological polar surface area (TPSA) is 59.4 Å². The second-order valence-electron chi connectivity index (χ2n) is 8.47. The minimum absolute atomic E-state index is 0.404. The third-order valence-electron chi connectivity index (χ3n) is 5.73. The summed E-state index contributed by atoms with van der Waals surface area (Å²) in [6.45, 7) is 14.5. The van der Waals surface area contributed by atoms with Crippen LogP contribution in [0.3, 0.4) is 0 Å². The number of aryl methyl sites for hydroxylation is 1. The highest BCUT2D eigenvalue weighted by molar-refractivity contribution is 5.20. The molecule has 5 nitrogen and oxygen atoms in total. The van der Waals surface area contributed by atoms with Crippen LogP contribution in [0.25, 0.3) is 0 Å². The predicted molar refractivity (Wildman–Crippen MR) is 101 cm³/mol. The van der Waals surface area contributed by atoms with Crippen LogP contribution in [0.5, 0.6) is 0 Å². The lowest BCUT2D eigenvalue weighted by atomic mass is 9.84. The Morgan fingerprint density at radius 3 is 2.40 bits per heavy atom. The molecule has 1 aliphatic heterocycles. The lowest BCUT2D eigenvalue weighted by Crippen LogP contribution is -2.09. The van der Waals surface area contributed by atoms with Gasteiger partial charge >= 0.3 is 0 Å². The van der Waals surface area contributed by atoms with Gasteiger partial charge in [-0.15, -0.1) is 10.2 Å². The van der Waals surface area contributed by atoms with E-state index < -0.39 is 0 Å². The molecule has 0 amide bonds. The summed E-state index contributed by atoms with van der Waals surface area (Å²) in [6, 6.07) is 2.34. The van der Waals surface area contributed by atoms with Gasteiger partial charge in [0, 0.05) is 30.0 Å². The van der Waals surface area contributed by atoms with Gasteiger partial charge in [0.1, 0.15) is 11.6 Å². The third kappa shape index (κ3) is 3.80. The highest BCUT2D eigenvalue weighted by Gasteiger charge is 2.30. The van der Waals surface area contributed by atoms with E-state index in [4.69, 9.17) is 5.10 Å². The number of rotatable bonds is 7. The zero-order valence-electron chi connectivity index (χ0n) is 16.6. The Bertz CT molecular complexity index is 697. The van der Waals surface area contributed by atoms with Crippen molar-refractivity contribution >= 4 is 0 Å². The molecule has 3 atom stereocenters. The van der Waals surface area contributed by atoms with Crippen molar-refractivity contribution in [3.63, 3.8) is 0 Å². The predicted octanol–water partition coefficient (Wildman–Crippen LogP) is 4.96. The Balaban J connectivity index is 1.59. The van der Waals surface area contributed by atoms with Crippen LogP contribution in [0.1, 0.15) is 108 Å². The molecule has 3 heterocycles. The molecule has 0 aliphatic carbocycles. The second kappa shape index (κ2) is 7.30. The first kappa shape index (κ1) is 18.2. The van der Waals surface area contributed by atoms with Crippen molar-refractivity contribution in [2.75, 3.05) is 0 Å². The fraction of sp³-hybridized carbons (Fsp3) is 0.750. The Morgan fingerprint density at radius 2 is 1.76 bits per heavy atom. The molecular formula is C20H33N5. The number of nitrogens with zero attached hydrogens (tertiary/aromatic N) is 4. The molecule has 5 heteroatoms. The highest BCUT2D eigenvalue weighted by atomic mass is 15.3. The molecule has 0 bridgehead atoms. The number of aromatic amines is 1. The average Bonchev–Trinajstić information content (AvgIpc) is 3.25. The SMILES string of the molecule is CC(C)c1cc2n(n1)CCC2C(C)CCC(C)c1nnc(C(C)C)[nH]1. The Labute approximate surface area is 151 Å². The van der Waals surface area contributed by atoms with Crippen molar-refractivity contribution in [1.82, 2.24) is 25.0 Å². The largest absolute Gasteiger partial charge is 0.328 e. The van der Waals surface area contributed by atoms with Crippen molar-refractivity contribution in [2.24, 2.45) is 5.92 Å². The van der Waals surface area contributed by atoms with Crippen molar-refractivity contribution in [3.05, 3.63) is 29.1 Å². The van der Waals surface area contributed by atoms with Crippen molar-refractivity contribution in [2.45, 2.75) is 91.0 Å². The quantitative estimate of drug-likeness (QED) is 0.773. The van der Waals surface area contributed by atoms with E-state index in [-0.39, 0.29) is 0 Å². The van der Waals surface area contributed by atoms with Crippen LogP contribution in [-0.4, -0.2) is 25.0 Å². The van der Waals surface area contributed by atoms with E-state index in [1.54, 1.807) is 0 Å². The molecule has 0 radical (unpaired) electrons. The summed E-state index contributed by atoms with van der Waals surface area (Å²) in [4.78, 5) is 3.40. The molecule has 0 fully saturated rings. The zero-order valence-corrected chi connectivity index (χ0v) is 16.6. The third-order valence-corrected chi connectivity index (χ3v) is 5.73. The second-order valence-corrected chi connectivity index (χ2v) is 8.47. The molecule has 25 heavy (non-hydrogen) atoms. The molecular weight excluding hydrogens is 310 g/mol. The van der Waals surface area contributed by atoms with Crippen LogP contribution in [0, 0.1) is 5.92 Å². The van der Waals surface area contributed by atoms with E-state index in [0.29, 0.717) is 29.6 Å². The summed E-state index contributed by atoms with van der Waals surface area (Å²) >= 11 is 0. The summed E-state index contributed by atoms with van der Waals surface area (Å²) in [6.07, 6.45) is 3.59. The van der Waals surface area contributed by atoms with E-state index in [0.717, 1.165) is 24.6 Å². The van der Waals surface area contributed by atoms with Gasteiger partial charge in [-0.05, 0) is 37.2 Å². The molecule has 2 aromatic rings. The number of hydrogen-bond acceptors (Lipinski definition) is 3. The fourth-order valence-electron chi connectivity index (χ4n) is 3.82. The van der Waals surface area contributed by atoms with Crippen LogP contribution in [0.2, 0.25) is 0 Å². The lowest BCUT2D eigenvalue weighted by Gasteiger charge is -2.20. The van der Waals surface area contributed by atoms with Gasteiger partial charge in [0.25, 0.3) is 0 Å². The number of hydrogen-bond donors (Lipinski definition) is 1. The van der Waals surface area contributed by atoms with Gasteiger partial charge in [-0.3, -0.25) is 4.68 Å². The zero-order chi connectivity index (χ0) is 18.1. The van der Waals surface area contributed by atoms with Crippen LogP contribution in [-0.2, 0) is 6.54 Å². The molecule has 3 unspecified atom stereocenters. The molecule has 0 saturated heterocycles. The van der Waals surface area contributed by atoms with Gasteiger partial charge < -0.3 is 4.98 Å². The van der Waals surface area contributed by atoms with Gasteiger partial charge in [0.2, 0.25) is 0 Å².